The van der Waals surface area contributed by atoms with E-state index in [9.17, 15) is 9.59 Å². The first-order valence-electron chi connectivity index (χ1n) is 7.20. The van der Waals surface area contributed by atoms with Crippen LogP contribution in [-0.4, -0.2) is 59.4 Å². The minimum absolute atomic E-state index is 0.0366. The Morgan fingerprint density at radius 3 is 2.63 bits per heavy atom. The Hall–Kier alpha value is -1.10. The van der Waals surface area contributed by atoms with Gasteiger partial charge in [-0.15, -0.1) is 0 Å². The van der Waals surface area contributed by atoms with E-state index in [1.807, 2.05) is 6.92 Å². The predicted molar refractivity (Wildman–Crippen MR) is 73.6 cm³/mol. The zero-order valence-electron chi connectivity index (χ0n) is 12.4. The summed E-state index contributed by atoms with van der Waals surface area (Å²) in [5.74, 6) is 0.484. The molecule has 0 aliphatic carbocycles. The Kier molecular flexibility index (Phi) is 3.85. The highest BCUT2D eigenvalue weighted by atomic mass is 16.2. The summed E-state index contributed by atoms with van der Waals surface area (Å²) in [4.78, 5) is 28.5. The van der Waals surface area contributed by atoms with Crippen LogP contribution in [0.4, 0.5) is 0 Å². The lowest BCUT2D eigenvalue weighted by Gasteiger charge is -2.42. The van der Waals surface area contributed by atoms with E-state index in [0.29, 0.717) is 12.5 Å². The van der Waals surface area contributed by atoms with Crippen molar-refractivity contribution in [3.05, 3.63) is 0 Å². The highest BCUT2D eigenvalue weighted by molar-refractivity contribution is 5.99. The smallest absolute Gasteiger partial charge is 0.248 e. The molecule has 2 aliphatic rings. The number of amides is 2. The predicted octanol–water partition coefficient (Wildman–Crippen LogP) is 0.454. The number of hydrogen-bond donors (Lipinski definition) is 1. The number of likely N-dealkylation sites (tertiary alicyclic amines) is 1. The van der Waals surface area contributed by atoms with Crippen molar-refractivity contribution in [1.29, 1.82) is 0 Å². The molecule has 2 atom stereocenters. The van der Waals surface area contributed by atoms with Crippen molar-refractivity contribution in [1.82, 2.24) is 15.1 Å². The lowest BCUT2D eigenvalue weighted by Crippen LogP contribution is -2.67. The third-order valence-electron chi connectivity index (χ3n) is 4.35. The van der Waals surface area contributed by atoms with Gasteiger partial charge in [-0.1, -0.05) is 6.92 Å². The normalized spacial score (nSPS) is 31.7. The lowest BCUT2D eigenvalue weighted by atomic mass is 9.95. The van der Waals surface area contributed by atoms with E-state index in [2.05, 4.69) is 17.1 Å². The minimum atomic E-state index is -0.771. The summed E-state index contributed by atoms with van der Waals surface area (Å²) in [6.45, 7) is 11.4. The average Bonchev–Trinajstić information content (AvgIpc) is 2.80. The van der Waals surface area contributed by atoms with Gasteiger partial charge in [-0.3, -0.25) is 9.59 Å². The fourth-order valence-electron chi connectivity index (χ4n) is 3.01. The highest BCUT2D eigenvalue weighted by Crippen LogP contribution is 2.23. The average molecular weight is 267 g/mol. The lowest BCUT2D eigenvalue weighted by molar-refractivity contribution is -0.153. The number of carbonyl (C=O) groups is 2. The maximum atomic E-state index is 12.4. The zero-order chi connectivity index (χ0) is 14.2. The third-order valence-corrected chi connectivity index (χ3v) is 4.35. The van der Waals surface area contributed by atoms with Crippen molar-refractivity contribution in [3.8, 4) is 0 Å². The molecule has 2 fully saturated rings. The molecule has 0 radical (unpaired) electrons. The second-order valence-electron chi connectivity index (χ2n) is 6.30. The van der Waals surface area contributed by atoms with Crippen LogP contribution >= 0.6 is 0 Å². The zero-order valence-corrected chi connectivity index (χ0v) is 12.4. The van der Waals surface area contributed by atoms with Gasteiger partial charge in [-0.05, 0) is 46.2 Å². The monoisotopic (exact) mass is 267 g/mol. The van der Waals surface area contributed by atoms with Crippen LogP contribution in [0, 0.1) is 5.92 Å². The van der Waals surface area contributed by atoms with Crippen molar-refractivity contribution in [2.24, 2.45) is 5.92 Å². The number of hydrogen-bond acceptors (Lipinski definition) is 3. The van der Waals surface area contributed by atoms with Gasteiger partial charge in [0.2, 0.25) is 11.8 Å². The summed E-state index contributed by atoms with van der Waals surface area (Å²) in [6.07, 6.45) is 1.12. The Morgan fingerprint density at radius 2 is 2.05 bits per heavy atom. The number of nitrogens with one attached hydrogen (secondary N) is 1. The number of rotatable bonds is 3. The van der Waals surface area contributed by atoms with Crippen molar-refractivity contribution in [2.45, 2.75) is 45.7 Å². The van der Waals surface area contributed by atoms with E-state index in [4.69, 9.17) is 0 Å². The van der Waals surface area contributed by atoms with Crippen molar-refractivity contribution in [2.75, 3.05) is 26.2 Å². The molecular formula is C14H25N3O2. The largest absolute Gasteiger partial charge is 0.340 e. The molecule has 5 nitrogen and oxygen atoms in total. The quantitative estimate of drug-likeness (QED) is 0.808. The summed E-state index contributed by atoms with van der Waals surface area (Å²) < 4.78 is 0. The summed E-state index contributed by atoms with van der Waals surface area (Å²) in [5, 5.41) is 2.79. The molecule has 0 saturated carbocycles. The van der Waals surface area contributed by atoms with Gasteiger partial charge < -0.3 is 15.1 Å². The summed E-state index contributed by atoms with van der Waals surface area (Å²) >= 11 is 0. The van der Waals surface area contributed by atoms with E-state index >= 15 is 0 Å². The number of piperazine rings is 1. The summed E-state index contributed by atoms with van der Waals surface area (Å²) in [6, 6.07) is -0.351. The Labute approximate surface area is 115 Å². The molecule has 19 heavy (non-hydrogen) atoms. The van der Waals surface area contributed by atoms with E-state index in [1.54, 1.807) is 18.7 Å². The molecular weight excluding hydrogens is 242 g/mol. The van der Waals surface area contributed by atoms with Gasteiger partial charge in [-0.2, -0.15) is 0 Å². The fourth-order valence-corrected chi connectivity index (χ4v) is 3.01. The molecule has 2 rings (SSSR count). The molecule has 0 aromatic rings. The highest BCUT2D eigenvalue weighted by Gasteiger charge is 2.44. The van der Waals surface area contributed by atoms with Gasteiger partial charge in [0.05, 0.1) is 0 Å². The molecule has 0 bridgehead atoms. The van der Waals surface area contributed by atoms with Crippen LogP contribution < -0.4 is 5.32 Å². The van der Waals surface area contributed by atoms with Crippen LogP contribution in [0.1, 0.15) is 34.1 Å². The van der Waals surface area contributed by atoms with Crippen LogP contribution in [-0.2, 0) is 9.59 Å². The fraction of sp³-hybridized carbons (Fsp3) is 0.857. The molecule has 0 spiro atoms. The Balaban J connectivity index is 2.05. The molecule has 2 saturated heterocycles. The van der Waals surface area contributed by atoms with E-state index in [0.717, 1.165) is 26.1 Å². The standard InChI is InChI=1S/C14H25N3O2/c1-5-16-7-6-11(8-16)9-17-10(2)12(18)15-14(3,4)13(17)19/h10-11H,5-9H2,1-4H3,(H,15,18). The SMILES string of the molecule is CCN1CCC(CN2C(=O)C(C)(C)NC(=O)C2C)C1. The van der Waals surface area contributed by atoms with E-state index in [-0.39, 0.29) is 17.9 Å². The molecule has 108 valence electrons. The van der Waals surface area contributed by atoms with Crippen LogP contribution in [0.25, 0.3) is 0 Å². The minimum Gasteiger partial charge on any atom is -0.340 e. The topological polar surface area (TPSA) is 52.6 Å². The molecule has 2 aliphatic heterocycles. The first kappa shape index (κ1) is 14.3. The van der Waals surface area contributed by atoms with Crippen LogP contribution in [0.2, 0.25) is 0 Å². The Morgan fingerprint density at radius 1 is 1.37 bits per heavy atom. The van der Waals surface area contributed by atoms with E-state index < -0.39 is 5.54 Å². The summed E-state index contributed by atoms with van der Waals surface area (Å²) in [7, 11) is 0. The molecule has 0 aromatic heterocycles. The van der Waals surface area contributed by atoms with Crippen molar-refractivity contribution >= 4 is 11.8 Å². The second-order valence-corrected chi connectivity index (χ2v) is 6.30. The van der Waals surface area contributed by atoms with Crippen molar-refractivity contribution < 1.29 is 9.59 Å². The van der Waals surface area contributed by atoms with Gasteiger partial charge in [0.15, 0.2) is 0 Å². The van der Waals surface area contributed by atoms with Gasteiger partial charge in [0.1, 0.15) is 11.6 Å². The third kappa shape index (κ3) is 2.76. The molecule has 2 amide bonds. The molecule has 5 heteroatoms. The molecule has 1 N–H and O–H groups in total. The van der Waals surface area contributed by atoms with Crippen LogP contribution in [0.5, 0.6) is 0 Å². The molecule has 2 heterocycles. The molecule has 0 aromatic carbocycles. The summed E-state index contributed by atoms with van der Waals surface area (Å²) in [5.41, 5.74) is -0.771. The first-order chi connectivity index (χ1) is 8.85. The number of carbonyl (C=O) groups excluding carboxylic acids is 2. The van der Waals surface area contributed by atoms with Gasteiger partial charge in [0, 0.05) is 13.1 Å². The van der Waals surface area contributed by atoms with Crippen molar-refractivity contribution in [3.63, 3.8) is 0 Å². The first-order valence-corrected chi connectivity index (χ1v) is 7.20. The van der Waals surface area contributed by atoms with Crippen LogP contribution in [0.3, 0.4) is 0 Å². The van der Waals surface area contributed by atoms with Crippen LogP contribution in [0.15, 0.2) is 0 Å². The van der Waals surface area contributed by atoms with Gasteiger partial charge in [-0.25, -0.2) is 0 Å². The molecule has 2 unspecified atom stereocenters. The Bertz CT molecular complexity index is 381. The maximum Gasteiger partial charge on any atom is 0.248 e. The number of nitrogens with zero attached hydrogens (tertiary/aromatic N) is 2. The van der Waals surface area contributed by atoms with E-state index in [1.165, 1.54) is 0 Å². The maximum absolute atomic E-state index is 12.4. The second kappa shape index (κ2) is 5.12. The van der Waals surface area contributed by atoms with Gasteiger partial charge in [0.25, 0.3) is 0 Å². The van der Waals surface area contributed by atoms with Gasteiger partial charge >= 0.3 is 0 Å².